The molecule has 10 heteroatoms. The van der Waals surface area contributed by atoms with Crippen LogP contribution in [0.25, 0.3) is 5.69 Å². The molecule has 0 saturated heterocycles. The highest BCUT2D eigenvalue weighted by Crippen LogP contribution is 2.44. The molecular weight excluding hydrogens is 372 g/mol. The molecule has 1 aromatic heterocycles. The van der Waals surface area contributed by atoms with Crippen molar-refractivity contribution < 1.29 is 39.8 Å². The number of halogens is 8. The van der Waals surface area contributed by atoms with E-state index in [2.05, 4.69) is 0 Å². The predicted molar refractivity (Wildman–Crippen MR) is 75.8 cm³/mol. The maximum absolute atomic E-state index is 14.6. The van der Waals surface area contributed by atoms with E-state index in [1.807, 2.05) is 0 Å². The molecule has 2 rings (SSSR count). The van der Waals surface area contributed by atoms with Crippen molar-refractivity contribution in [3.05, 3.63) is 47.0 Å². The van der Waals surface area contributed by atoms with Crippen LogP contribution in [0.3, 0.4) is 0 Å². The normalized spacial score (nSPS) is 13.3. The summed E-state index contributed by atoms with van der Waals surface area (Å²) in [6.45, 7) is 1.60. The summed E-state index contributed by atoms with van der Waals surface area (Å²) in [6, 6.07) is 5.58. The number of para-hydroxylation sites is 1. The molecule has 1 heterocycles. The van der Waals surface area contributed by atoms with Gasteiger partial charge in [-0.1, -0.05) is 18.2 Å². The summed E-state index contributed by atoms with van der Waals surface area (Å²) in [5.74, 6) is -10.6. The lowest BCUT2D eigenvalue weighted by molar-refractivity contribution is -0.711. The minimum absolute atomic E-state index is 0.122. The lowest BCUT2D eigenvalue weighted by atomic mass is 10.0. The van der Waals surface area contributed by atoms with Crippen LogP contribution in [0.4, 0.5) is 35.1 Å². The number of rotatable bonds is 4. The second-order valence-corrected chi connectivity index (χ2v) is 6.09. The third-order valence-electron chi connectivity index (χ3n) is 3.76. The van der Waals surface area contributed by atoms with Gasteiger partial charge in [-0.15, -0.1) is 9.07 Å². The summed E-state index contributed by atoms with van der Waals surface area (Å²) in [4.78, 5) is 0. The average Bonchev–Trinajstić information content (AvgIpc) is 2.69. The van der Waals surface area contributed by atoms with Gasteiger partial charge < -0.3 is 0 Å². The van der Waals surface area contributed by atoms with E-state index >= 15 is 0 Å². The van der Waals surface area contributed by atoms with Crippen molar-refractivity contribution in [1.29, 1.82) is 0 Å². The van der Waals surface area contributed by atoms with E-state index in [4.69, 9.17) is 0 Å². The Bertz CT molecular complexity index is 815. The zero-order chi connectivity index (χ0) is 20.1. The van der Waals surface area contributed by atoms with Crippen molar-refractivity contribution in [2.24, 2.45) is 7.05 Å². The van der Waals surface area contributed by atoms with E-state index < -0.39 is 41.6 Å². The van der Waals surface area contributed by atoms with Gasteiger partial charge in [-0.25, -0.2) is 8.78 Å². The SMILES string of the molecule is Cc1ccccc1-[n+]1c(F)c(C(F)(F)F)c(C(F)(F)CC(C)(F)F)n1C. The summed E-state index contributed by atoms with van der Waals surface area (Å²) >= 11 is 0. The smallest absolute Gasteiger partial charge is 0.207 e. The number of alkyl halides is 7. The standard InChI is InChI=1S/C16H15F8N2/c1-9-6-4-5-7-10(9)26-13(17)11(16(22,23)24)12(25(26)3)15(20,21)8-14(2,18)19/h4-7H,8H2,1-3H3/q+1. The second kappa shape index (κ2) is 6.24. The van der Waals surface area contributed by atoms with E-state index in [0.717, 1.165) is 7.05 Å². The van der Waals surface area contributed by atoms with Crippen LogP contribution in [0.15, 0.2) is 24.3 Å². The second-order valence-electron chi connectivity index (χ2n) is 6.09. The molecule has 0 radical (unpaired) electrons. The minimum atomic E-state index is -5.50. The highest BCUT2D eigenvalue weighted by Gasteiger charge is 2.56. The van der Waals surface area contributed by atoms with E-state index in [9.17, 15) is 35.1 Å². The molecule has 0 unspecified atom stereocenters. The van der Waals surface area contributed by atoms with E-state index in [1.165, 1.54) is 31.2 Å². The van der Waals surface area contributed by atoms with Gasteiger partial charge in [0.05, 0.1) is 13.5 Å². The Hall–Kier alpha value is -2.13. The van der Waals surface area contributed by atoms with Gasteiger partial charge in [-0.05, 0) is 18.5 Å². The first kappa shape index (κ1) is 20.2. The molecule has 0 aliphatic carbocycles. The average molecular weight is 387 g/mol. The monoisotopic (exact) mass is 387 g/mol. The topological polar surface area (TPSA) is 8.81 Å². The summed E-state index contributed by atoms with van der Waals surface area (Å²) in [7, 11) is 0.766. The predicted octanol–water partition coefficient (Wildman–Crippen LogP) is 4.91. The number of aromatic nitrogens is 2. The van der Waals surface area contributed by atoms with Crippen LogP contribution < -0.4 is 4.68 Å². The Kier molecular flexibility index (Phi) is 4.84. The van der Waals surface area contributed by atoms with E-state index in [1.54, 1.807) is 0 Å². The van der Waals surface area contributed by atoms with Gasteiger partial charge in [0.2, 0.25) is 5.69 Å². The lowest BCUT2D eigenvalue weighted by Crippen LogP contribution is -2.44. The number of hydrogen-bond acceptors (Lipinski definition) is 0. The molecule has 0 fully saturated rings. The fourth-order valence-corrected chi connectivity index (χ4v) is 2.81. The Balaban J connectivity index is 2.85. The van der Waals surface area contributed by atoms with Gasteiger partial charge in [-0.3, -0.25) is 0 Å². The van der Waals surface area contributed by atoms with Crippen LogP contribution in [-0.2, 0) is 19.1 Å². The molecule has 0 spiro atoms. The molecular formula is C16H15F8N2+. The first-order chi connectivity index (χ1) is 11.7. The number of nitrogens with zero attached hydrogens (tertiary/aromatic N) is 2. The maximum atomic E-state index is 14.6. The van der Waals surface area contributed by atoms with Crippen LogP contribution in [0, 0.1) is 12.9 Å². The van der Waals surface area contributed by atoms with Crippen molar-refractivity contribution >= 4 is 0 Å². The Morgan fingerprint density at radius 3 is 2.00 bits per heavy atom. The number of benzene rings is 1. The van der Waals surface area contributed by atoms with Crippen LogP contribution in [0.1, 0.15) is 30.2 Å². The third kappa shape index (κ3) is 3.68. The van der Waals surface area contributed by atoms with Crippen LogP contribution in [0.2, 0.25) is 0 Å². The molecule has 0 aliphatic rings. The first-order valence-electron chi connectivity index (χ1n) is 7.36. The zero-order valence-electron chi connectivity index (χ0n) is 13.9. The van der Waals surface area contributed by atoms with E-state index in [-0.39, 0.29) is 17.3 Å². The van der Waals surface area contributed by atoms with Crippen molar-refractivity contribution in [3.63, 3.8) is 0 Å². The van der Waals surface area contributed by atoms with Gasteiger partial charge in [0, 0.05) is 11.6 Å². The maximum Gasteiger partial charge on any atom is 0.427 e. The molecule has 2 nitrogen and oxygen atoms in total. The summed E-state index contributed by atoms with van der Waals surface area (Å²) in [5, 5.41) is 0. The van der Waals surface area contributed by atoms with Gasteiger partial charge >= 0.3 is 12.1 Å². The summed E-state index contributed by atoms with van der Waals surface area (Å²) in [5.41, 5.74) is -3.94. The number of hydrogen-bond donors (Lipinski definition) is 0. The summed E-state index contributed by atoms with van der Waals surface area (Å²) < 4.78 is 110. The van der Waals surface area contributed by atoms with Crippen molar-refractivity contribution in [1.82, 2.24) is 4.68 Å². The molecule has 0 aliphatic heterocycles. The Morgan fingerprint density at radius 1 is 1.00 bits per heavy atom. The number of aryl methyl sites for hydroxylation is 1. The highest BCUT2D eigenvalue weighted by molar-refractivity contribution is 5.34. The molecule has 0 amide bonds. The molecule has 0 bridgehead atoms. The van der Waals surface area contributed by atoms with Crippen LogP contribution in [-0.4, -0.2) is 10.6 Å². The highest BCUT2D eigenvalue weighted by atomic mass is 19.4. The van der Waals surface area contributed by atoms with Crippen LogP contribution >= 0.6 is 0 Å². The van der Waals surface area contributed by atoms with Gasteiger partial charge in [-0.2, -0.15) is 22.0 Å². The fourth-order valence-electron chi connectivity index (χ4n) is 2.81. The molecule has 26 heavy (non-hydrogen) atoms. The molecule has 0 atom stereocenters. The van der Waals surface area contributed by atoms with Gasteiger partial charge in [0.15, 0.2) is 11.3 Å². The van der Waals surface area contributed by atoms with Crippen LogP contribution in [0.5, 0.6) is 0 Å². The molecule has 2 aromatic rings. The largest absolute Gasteiger partial charge is 0.427 e. The van der Waals surface area contributed by atoms with Crippen molar-refractivity contribution in [3.8, 4) is 5.69 Å². The Labute approximate surface area is 143 Å². The quantitative estimate of drug-likeness (QED) is 0.521. The third-order valence-corrected chi connectivity index (χ3v) is 3.76. The minimum Gasteiger partial charge on any atom is -0.207 e. The van der Waals surface area contributed by atoms with Crippen molar-refractivity contribution in [2.75, 3.05) is 0 Å². The Morgan fingerprint density at radius 2 is 1.54 bits per heavy atom. The lowest BCUT2D eigenvalue weighted by Gasteiger charge is -2.20. The zero-order valence-corrected chi connectivity index (χ0v) is 13.9. The fraction of sp³-hybridized carbons (Fsp3) is 0.438. The van der Waals surface area contributed by atoms with E-state index in [0.29, 0.717) is 10.2 Å². The molecule has 0 N–H and O–H groups in total. The summed E-state index contributed by atoms with van der Waals surface area (Å²) in [6.07, 6.45) is -7.69. The first-order valence-corrected chi connectivity index (χ1v) is 7.36. The molecule has 0 saturated carbocycles. The molecule has 144 valence electrons. The van der Waals surface area contributed by atoms with Gasteiger partial charge in [0.25, 0.3) is 11.8 Å². The van der Waals surface area contributed by atoms with Crippen molar-refractivity contribution in [2.45, 2.75) is 38.3 Å². The molecule has 1 aromatic carbocycles. The van der Waals surface area contributed by atoms with Gasteiger partial charge in [0.1, 0.15) is 0 Å².